The Hall–Kier alpha value is -2.50. The zero-order chi connectivity index (χ0) is 14.7. The smallest absolute Gasteiger partial charge is 0.262 e. The number of aromatic nitrogens is 2. The van der Waals surface area contributed by atoms with Gasteiger partial charge >= 0.3 is 0 Å². The minimum atomic E-state index is -0.119. The number of ether oxygens (including phenoxy) is 1. The fourth-order valence-electron chi connectivity index (χ4n) is 2.24. The summed E-state index contributed by atoms with van der Waals surface area (Å²) in [7, 11) is 0. The molecule has 1 aliphatic heterocycles. The number of anilines is 2. The first-order valence-electron chi connectivity index (χ1n) is 7.06. The minimum absolute atomic E-state index is 0.0697. The predicted octanol–water partition coefficient (Wildman–Crippen LogP) is 2.24. The Morgan fingerprint density at radius 1 is 1.48 bits per heavy atom. The van der Waals surface area contributed by atoms with E-state index in [-0.39, 0.29) is 12.5 Å². The van der Waals surface area contributed by atoms with Gasteiger partial charge in [-0.1, -0.05) is 6.92 Å². The maximum Gasteiger partial charge on any atom is 0.262 e. The van der Waals surface area contributed by atoms with E-state index in [1.54, 1.807) is 0 Å². The van der Waals surface area contributed by atoms with Gasteiger partial charge in [0.15, 0.2) is 6.61 Å². The van der Waals surface area contributed by atoms with Gasteiger partial charge in [-0.05, 0) is 18.6 Å². The van der Waals surface area contributed by atoms with Crippen LogP contribution in [0.5, 0.6) is 5.75 Å². The molecule has 6 nitrogen and oxygen atoms in total. The number of aryl methyl sites for hydroxylation is 1. The third-order valence-corrected chi connectivity index (χ3v) is 3.25. The largest absolute Gasteiger partial charge is 0.482 e. The van der Waals surface area contributed by atoms with Gasteiger partial charge in [0.1, 0.15) is 5.75 Å². The Balaban J connectivity index is 1.63. The molecule has 1 aromatic heterocycles. The molecule has 6 heteroatoms. The molecule has 0 saturated heterocycles. The van der Waals surface area contributed by atoms with Crippen LogP contribution in [0.3, 0.4) is 0 Å². The Morgan fingerprint density at radius 2 is 2.38 bits per heavy atom. The van der Waals surface area contributed by atoms with Crippen molar-refractivity contribution >= 4 is 17.3 Å². The average Bonchev–Trinajstić information content (AvgIpc) is 2.93. The molecule has 1 aromatic carbocycles. The first kappa shape index (κ1) is 13.5. The van der Waals surface area contributed by atoms with Crippen molar-refractivity contribution in [1.82, 2.24) is 9.78 Å². The van der Waals surface area contributed by atoms with Crippen LogP contribution in [0.15, 0.2) is 30.6 Å². The van der Waals surface area contributed by atoms with Gasteiger partial charge in [0.2, 0.25) is 0 Å². The van der Waals surface area contributed by atoms with E-state index in [1.807, 2.05) is 35.3 Å². The molecule has 0 unspecified atom stereocenters. The second kappa shape index (κ2) is 5.87. The number of fused-ring (bicyclic) bond motifs is 1. The molecule has 0 bridgehead atoms. The van der Waals surface area contributed by atoms with Crippen LogP contribution in [0.1, 0.15) is 18.9 Å². The Morgan fingerprint density at radius 3 is 3.24 bits per heavy atom. The highest BCUT2D eigenvalue weighted by atomic mass is 16.5. The summed E-state index contributed by atoms with van der Waals surface area (Å²) in [6, 6.07) is 5.66. The fourth-order valence-corrected chi connectivity index (χ4v) is 2.24. The zero-order valence-corrected chi connectivity index (χ0v) is 11.9. The van der Waals surface area contributed by atoms with Crippen LogP contribution in [0.25, 0.3) is 0 Å². The number of amides is 1. The van der Waals surface area contributed by atoms with Crippen molar-refractivity contribution in [2.75, 3.05) is 17.2 Å². The third-order valence-electron chi connectivity index (χ3n) is 3.25. The van der Waals surface area contributed by atoms with Crippen LogP contribution in [0.2, 0.25) is 0 Å². The molecule has 3 rings (SSSR count). The quantitative estimate of drug-likeness (QED) is 0.884. The van der Waals surface area contributed by atoms with Crippen molar-refractivity contribution in [2.24, 2.45) is 0 Å². The van der Waals surface area contributed by atoms with E-state index in [2.05, 4.69) is 22.7 Å². The van der Waals surface area contributed by atoms with Gasteiger partial charge < -0.3 is 15.4 Å². The van der Waals surface area contributed by atoms with Gasteiger partial charge in [0, 0.05) is 36.6 Å². The van der Waals surface area contributed by atoms with Gasteiger partial charge in [-0.15, -0.1) is 0 Å². The summed E-state index contributed by atoms with van der Waals surface area (Å²) < 4.78 is 7.34. The normalized spacial score (nSPS) is 13.3. The van der Waals surface area contributed by atoms with Crippen LogP contribution in [0, 0.1) is 0 Å². The summed E-state index contributed by atoms with van der Waals surface area (Å²) in [5.41, 5.74) is 2.80. The van der Waals surface area contributed by atoms with E-state index in [0.717, 1.165) is 24.2 Å². The Kier molecular flexibility index (Phi) is 3.77. The van der Waals surface area contributed by atoms with Crippen molar-refractivity contribution in [1.29, 1.82) is 0 Å². The van der Waals surface area contributed by atoms with E-state index in [0.29, 0.717) is 18.0 Å². The molecule has 0 radical (unpaired) electrons. The summed E-state index contributed by atoms with van der Waals surface area (Å²) >= 11 is 0. The second-order valence-electron chi connectivity index (χ2n) is 5.01. The molecule has 1 amide bonds. The van der Waals surface area contributed by atoms with Crippen molar-refractivity contribution in [2.45, 2.75) is 26.4 Å². The molecule has 1 aliphatic rings. The second-order valence-corrected chi connectivity index (χ2v) is 5.01. The molecular weight excluding hydrogens is 268 g/mol. The highest BCUT2D eigenvalue weighted by molar-refractivity contribution is 5.95. The van der Waals surface area contributed by atoms with Gasteiger partial charge in [0.25, 0.3) is 5.91 Å². The molecule has 0 fully saturated rings. The molecule has 0 saturated carbocycles. The molecule has 0 aliphatic carbocycles. The first-order valence-corrected chi connectivity index (χ1v) is 7.06. The molecule has 0 atom stereocenters. The summed E-state index contributed by atoms with van der Waals surface area (Å²) in [6.07, 6.45) is 4.99. The Labute approximate surface area is 123 Å². The summed E-state index contributed by atoms with van der Waals surface area (Å²) in [4.78, 5) is 11.2. The Bertz CT molecular complexity index is 651. The number of hydrogen-bond donors (Lipinski definition) is 2. The minimum Gasteiger partial charge on any atom is -0.482 e. The number of hydrogen-bond acceptors (Lipinski definition) is 4. The number of benzene rings is 1. The summed E-state index contributed by atoms with van der Waals surface area (Å²) in [5.74, 6) is 0.577. The molecule has 110 valence electrons. The topological polar surface area (TPSA) is 68.2 Å². The fraction of sp³-hybridized carbons (Fsp3) is 0.333. The molecule has 2 aromatic rings. The molecule has 2 heterocycles. The highest BCUT2D eigenvalue weighted by Crippen LogP contribution is 2.30. The monoisotopic (exact) mass is 286 g/mol. The molecular formula is C15H18N4O2. The molecule has 0 spiro atoms. The van der Waals surface area contributed by atoms with E-state index < -0.39 is 0 Å². The third kappa shape index (κ3) is 3.16. The number of carbonyl (C=O) groups is 1. The highest BCUT2D eigenvalue weighted by Gasteiger charge is 2.15. The number of nitrogens with one attached hydrogen (secondary N) is 2. The average molecular weight is 286 g/mol. The lowest BCUT2D eigenvalue weighted by atomic mass is 10.2. The number of rotatable bonds is 5. The van der Waals surface area contributed by atoms with Crippen LogP contribution in [0.4, 0.5) is 11.4 Å². The van der Waals surface area contributed by atoms with Gasteiger partial charge in [-0.3, -0.25) is 9.48 Å². The van der Waals surface area contributed by atoms with Crippen molar-refractivity contribution in [3.05, 3.63) is 36.2 Å². The van der Waals surface area contributed by atoms with E-state index in [1.165, 1.54) is 0 Å². The molecule has 2 N–H and O–H groups in total. The van der Waals surface area contributed by atoms with E-state index >= 15 is 0 Å². The first-order chi connectivity index (χ1) is 10.2. The van der Waals surface area contributed by atoms with Crippen LogP contribution >= 0.6 is 0 Å². The lowest BCUT2D eigenvalue weighted by Crippen LogP contribution is -2.25. The number of nitrogens with zero attached hydrogens (tertiary/aromatic N) is 2. The lowest BCUT2D eigenvalue weighted by Gasteiger charge is -2.18. The summed E-state index contributed by atoms with van der Waals surface area (Å²) in [5, 5.41) is 10.4. The van der Waals surface area contributed by atoms with Crippen molar-refractivity contribution in [3.8, 4) is 5.75 Å². The standard InChI is InChI=1S/C15H18N4O2/c1-2-5-19-9-11(8-17-19)7-16-12-3-4-13-14(6-12)21-10-15(20)18-13/h3-4,6,8-9,16H,2,5,7,10H2,1H3,(H,18,20). The van der Waals surface area contributed by atoms with Gasteiger partial charge in [-0.2, -0.15) is 5.10 Å². The number of carbonyl (C=O) groups excluding carboxylic acids is 1. The van der Waals surface area contributed by atoms with Crippen molar-refractivity contribution < 1.29 is 9.53 Å². The predicted molar refractivity (Wildman–Crippen MR) is 80.4 cm³/mol. The summed E-state index contributed by atoms with van der Waals surface area (Å²) in [6.45, 7) is 3.84. The van der Waals surface area contributed by atoms with Crippen LogP contribution in [-0.2, 0) is 17.9 Å². The van der Waals surface area contributed by atoms with Gasteiger partial charge in [-0.25, -0.2) is 0 Å². The molecule has 21 heavy (non-hydrogen) atoms. The van der Waals surface area contributed by atoms with Crippen LogP contribution in [-0.4, -0.2) is 22.3 Å². The van der Waals surface area contributed by atoms with Crippen LogP contribution < -0.4 is 15.4 Å². The lowest BCUT2D eigenvalue weighted by molar-refractivity contribution is -0.118. The zero-order valence-electron chi connectivity index (χ0n) is 11.9. The van der Waals surface area contributed by atoms with E-state index in [9.17, 15) is 4.79 Å². The maximum atomic E-state index is 11.2. The van der Waals surface area contributed by atoms with Crippen molar-refractivity contribution in [3.63, 3.8) is 0 Å². The SMILES string of the molecule is CCCn1cc(CNc2ccc3c(c2)OCC(=O)N3)cn1. The van der Waals surface area contributed by atoms with Gasteiger partial charge in [0.05, 0.1) is 11.9 Å². The maximum absolute atomic E-state index is 11.2. The van der Waals surface area contributed by atoms with E-state index in [4.69, 9.17) is 4.74 Å².